The molecule has 1 aromatic carbocycles. The summed E-state index contributed by atoms with van der Waals surface area (Å²) in [6, 6.07) is 3.12. The van der Waals surface area contributed by atoms with Crippen molar-refractivity contribution in [2.75, 3.05) is 32.0 Å². The number of morpholine rings is 1. The van der Waals surface area contributed by atoms with Crippen molar-refractivity contribution in [3.63, 3.8) is 0 Å². The van der Waals surface area contributed by atoms with Crippen molar-refractivity contribution < 1.29 is 18.3 Å². The molecule has 0 spiro atoms. The average molecular weight is 300 g/mol. The molecule has 1 aromatic rings. The van der Waals surface area contributed by atoms with E-state index in [1.165, 1.54) is 10.4 Å². The Labute approximate surface area is 119 Å². The normalized spacial score (nSPS) is 21.1. The molecule has 0 aromatic heterocycles. The highest BCUT2D eigenvalue weighted by molar-refractivity contribution is 7.89. The number of nitrogens with two attached hydrogens (primary N) is 1. The molecule has 1 atom stereocenters. The quantitative estimate of drug-likeness (QED) is 0.782. The molecule has 0 aliphatic carbocycles. The van der Waals surface area contributed by atoms with Crippen LogP contribution in [0, 0.1) is 13.8 Å². The second kappa shape index (κ2) is 5.69. The molecule has 3 N–H and O–H groups in total. The van der Waals surface area contributed by atoms with E-state index >= 15 is 0 Å². The second-order valence-electron chi connectivity index (χ2n) is 4.99. The highest BCUT2D eigenvalue weighted by atomic mass is 32.2. The van der Waals surface area contributed by atoms with Crippen molar-refractivity contribution in [2.24, 2.45) is 0 Å². The van der Waals surface area contributed by atoms with E-state index in [1.807, 2.05) is 13.8 Å². The van der Waals surface area contributed by atoms with Crippen LogP contribution in [0.25, 0.3) is 0 Å². The van der Waals surface area contributed by atoms with Gasteiger partial charge in [-0.2, -0.15) is 4.31 Å². The van der Waals surface area contributed by atoms with E-state index < -0.39 is 16.1 Å². The molecule has 1 aliphatic heterocycles. The lowest BCUT2D eigenvalue weighted by Crippen LogP contribution is -2.46. The molecule has 1 heterocycles. The fourth-order valence-corrected chi connectivity index (χ4v) is 3.75. The van der Waals surface area contributed by atoms with Crippen molar-refractivity contribution in [3.05, 3.63) is 23.3 Å². The molecule has 1 unspecified atom stereocenters. The molecule has 20 heavy (non-hydrogen) atoms. The summed E-state index contributed by atoms with van der Waals surface area (Å²) in [4.78, 5) is 0.191. The van der Waals surface area contributed by atoms with Gasteiger partial charge in [0.2, 0.25) is 10.0 Å². The molecule has 1 aliphatic rings. The first-order valence-electron chi connectivity index (χ1n) is 6.45. The lowest BCUT2D eigenvalue weighted by molar-refractivity contribution is -0.0304. The molecule has 0 saturated carbocycles. The van der Waals surface area contributed by atoms with E-state index in [9.17, 15) is 8.42 Å². The first kappa shape index (κ1) is 15.2. The van der Waals surface area contributed by atoms with Gasteiger partial charge in [-0.1, -0.05) is 0 Å². The van der Waals surface area contributed by atoms with Gasteiger partial charge in [0.15, 0.2) is 0 Å². The number of hydrogen-bond acceptors (Lipinski definition) is 5. The summed E-state index contributed by atoms with van der Waals surface area (Å²) >= 11 is 0. The number of aliphatic hydroxyl groups is 1. The van der Waals surface area contributed by atoms with Gasteiger partial charge in [-0.25, -0.2) is 8.42 Å². The predicted molar refractivity (Wildman–Crippen MR) is 75.9 cm³/mol. The van der Waals surface area contributed by atoms with Crippen LogP contribution in [0.4, 0.5) is 5.69 Å². The third-order valence-electron chi connectivity index (χ3n) is 3.62. The molecule has 1 fully saturated rings. The zero-order valence-electron chi connectivity index (χ0n) is 11.7. The Balaban J connectivity index is 2.35. The Morgan fingerprint density at radius 3 is 2.75 bits per heavy atom. The topological polar surface area (TPSA) is 92.9 Å². The van der Waals surface area contributed by atoms with Gasteiger partial charge in [-0.3, -0.25) is 0 Å². The molecule has 2 rings (SSSR count). The Hall–Kier alpha value is -1.15. The van der Waals surface area contributed by atoms with Crippen molar-refractivity contribution in [1.29, 1.82) is 0 Å². The first-order chi connectivity index (χ1) is 9.36. The maximum atomic E-state index is 12.6. The highest BCUT2D eigenvalue weighted by Gasteiger charge is 2.31. The van der Waals surface area contributed by atoms with Crippen LogP contribution in [-0.2, 0) is 14.8 Å². The number of benzene rings is 1. The first-order valence-corrected chi connectivity index (χ1v) is 7.89. The van der Waals surface area contributed by atoms with E-state index in [0.29, 0.717) is 5.69 Å². The molecule has 6 nitrogen and oxygen atoms in total. The largest absolute Gasteiger partial charge is 0.398 e. The number of aryl methyl sites for hydroxylation is 1. The van der Waals surface area contributed by atoms with Gasteiger partial charge in [-0.05, 0) is 37.1 Å². The molecule has 1 saturated heterocycles. The second-order valence-corrected chi connectivity index (χ2v) is 6.93. The van der Waals surface area contributed by atoms with Crippen molar-refractivity contribution in [3.8, 4) is 0 Å². The number of anilines is 1. The van der Waals surface area contributed by atoms with E-state index in [2.05, 4.69) is 0 Å². The summed E-state index contributed by atoms with van der Waals surface area (Å²) in [5, 5.41) is 9.10. The monoisotopic (exact) mass is 300 g/mol. The Morgan fingerprint density at radius 1 is 1.45 bits per heavy atom. The lowest BCUT2D eigenvalue weighted by atomic mass is 10.1. The van der Waals surface area contributed by atoms with E-state index in [4.69, 9.17) is 15.6 Å². The van der Waals surface area contributed by atoms with Crippen LogP contribution < -0.4 is 5.73 Å². The van der Waals surface area contributed by atoms with Crippen molar-refractivity contribution in [2.45, 2.75) is 24.8 Å². The number of ether oxygens (including phenoxy) is 1. The zero-order valence-corrected chi connectivity index (χ0v) is 12.5. The number of sulfonamides is 1. The lowest BCUT2D eigenvalue weighted by Gasteiger charge is -2.31. The minimum absolute atomic E-state index is 0.158. The summed E-state index contributed by atoms with van der Waals surface area (Å²) in [6.07, 6.45) is -0.470. The molecule has 0 amide bonds. The standard InChI is InChI=1S/C13H20N2O4S/c1-9-5-12(6-13(14)10(9)2)20(17,18)15-3-4-19-11(7-15)8-16/h5-6,11,16H,3-4,7-8,14H2,1-2H3. The zero-order chi connectivity index (χ0) is 14.9. The van der Waals surface area contributed by atoms with E-state index in [0.717, 1.165) is 11.1 Å². The minimum Gasteiger partial charge on any atom is -0.398 e. The maximum absolute atomic E-state index is 12.6. The third-order valence-corrected chi connectivity index (χ3v) is 5.47. The Kier molecular flexibility index (Phi) is 4.33. The number of nitrogens with zero attached hydrogens (tertiary/aromatic N) is 1. The average Bonchev–Trinajstić information content (AvgIpc) is 2.44. The summed E-state index contributed by atoms with van der Waals surface area (Å²) in [6.45, 7) is 4.22. The van der Waals surface area contributed by atoms with Gasteiger partial charge < -0.3 is 15.6 Å². The number of hydrogen-bond donors (Lipinski definition) is 2. The third kappa shape index (κ3) is 2.80. The van der Waals surface area contributed by atoms with Crippen LogP contribution in [0.2, 0.25) is 0 Å². The van der Waals surface area contributed by atoms with Crippen LogP contribution in [0.5, 0.6) is 0 Å². The summed E-state index contributed by atoms with van der Waals surface area (Å²) < 4.78 is 31.8. The smallest absolute Gasteiger partial charge is 0.243 e. The molecule has 112 valence electrons. The molecule has 7 heteroatoms. The van der Waals surface area contributed by atoms with Crippen LogP contribution in [0.15, 0.2) is 17.0 Å². The fraction of sp³-hybridized carbons (Fsp3) is 0.538. The van der Waals surface area contributed by atoms with Crippen molar-refractivity contribution in [1.82, 2.24) is 4.31 Å². The number of aliphatic hydroxyl groups excluding tert-OH is 1. The summed E-state index contributed by atoms with van der Waals surface area (Å²) in [5.74, 6) is 0. The van der Waals surface area contributed by atoms with Gasteiger partial charge in [0, 0.05) is 18.8 Å². The van der Waals surface area contributed by atoms with Gasteiger partial charge >= 0.3 is 0 Å². The summed E-state index contributed by atoms with van der Waals surface area (Å²) in [5.41, 5.74) is 8.05. The molecular weight excluding hydrogens is 280 g/mol. The van der Waals surface area contributed by atoms with E-state index in [1.54, 1.807) is 6.07 Å². The fourth-order valence-electron chi connectivity index (χ4n) is 2.17. The van der Waals surface area contributed by atoms with E-state index in [-0.39, 0.29) is 31.2 Å². The maximum Gasteiger partial charge on any atom is 0.243 e. The molecular formula is C13H20N2O4S. The van der Waals surface area contributed by atoms with Gasteiger partial charge in [0.1, 0.15) is 0 Å². The number of rotatable bonds is 3. The van der Waals surface area contributed by atoms with Gasteiger partial charge in [0.05, 0.1) is 24.2 Å². The Bertz CT molecular complexity index is 577. The van der Waals surface area contributed by atoms with Crippen LogP contribution in [0.3, 0.4) is 0 Å². The van der Waals surface area contributed by atoms with Crippen molar-refractivity contribution >= 4 is 15.7 Å². The number of nitrogen functional groups attached to an aromatic ring is 1. The SMILES string of the molecule is Cc1cc(S(=O)(=O)N2CCOC(CO)C2)cc(N)c1C. The van der Waals surface area contributed by atoms with Gasteiger partial charge in [-0.15, -0.1) is 0 Å². The van der Waals surface area contributed by atoms with Crippen LogP contribution >= 0.6 is 0 Å². The van der Waals surface area contributed by atoms with Crippen LogP contribution in [-0.4, -0.2) is 50.2 Å². The van der Waals surface area contributed by atoms with Gasteiger partial charge in [0.25, 0.3) is 0 Å². The minimum atomic E-state index is -3.60. The van der Waals surface area contributed by atoms with Crippen LogP contribution in [0.1, 0.15) is 11.1 Å². The molecule has 0 bridgehead atoms. The highest BCUT2D eigenvalue weighted by Crippen LogP contribution is 2.25. The predicted octanol–water partition coefficient (Wildman–Crippen LogP) is 0.267. The summed E-state index contributed by atoms with van der Waals surface area (Å²) in [7, 11) is -3.60. The molecule has 0 radical (unpaired) electrons. The Morgan fingerprint density at radius 2 is 2.15 bits per heavy atom.